The minimum atomic E-state index is -4.58. The normalized spacial score (nSPS) is 13.1. The van der Waals surface area contributed by atoms with E-state index in [1.54, 1.807) is 18.2 Å². The lowest BCUT2D eigenvalue weighted by atomic mass is 10.3. The summed E-state index contributed by atoms with van der Waals surface area (Å²) in [6.45, 7) is 0. The number of rotatable bonds is 1. The second-order valence-corrected chi connectivity index (χ2v) is 3.87. The summed E-state index contributed by atoms with van der Waals surface area (Å²) in [4.78, 5) is 3.28. The fraction of sp³-hybridized carbons (Fsp3) is 0.125. The molecule has 0 N–H and O–H groups in total. The van der Waals surface area contributed by atoms with Crippen LogP contribution in [0.2, 0.25) is 0 Å². The standard InChI is InChI=1S/C8H4ClF3IN/c9-7(8(10,11)12)14-6-4-2-1-3-5(6)13/h1-4H. The minimum absolute atomic E-state index is 0.218. The molecule has 0 bridgehead atoms. The molecule has 0 atom stereocenters. The monoisotopic (exact) mass is 333 g/mol. The number of hydrogen-bond acceptors (Lipinski definition) is 1. The Bertz CT molecular complexity index is 362. The molecule has 0 amide bonds. The molecule has 0 aliphatic rings. The van der Waals surface area contributed by atoms with Gasteiger partial charge in [-0.1, -0.05) is 23.7 Å². The number of nitrogens with zero attached hydrogens (tertiary/aromatic N) is 1. The number of halogens is 5. The van der Waals surface area contributed by atoms with E-state index in [0.29, 0.717) is 3.57 Å². The summed E-state index contributed by atoms with van der Waals surface area (Å²) in [7, 11) is 0. The van der Waals surface area contributed by atoms with Crippen LogP contribution in [0.1, 0.15) is 0 Å². The highest BCUT2D eigenvalue weighted by atomic mass is 127. The van der Waals surface area contributed by atoms with Crippen molar-refractivity contribution in [3.63, 3.8) is 0 Å². The van der Waals surface area contributed by atoms with E-state index >= 15 is 0 Å². The highest BCUT2D eigenvalue weighted by Gasteiger charge is 2.34. The Morgan fingerprint density at radius 1 is 1.29 bits per heavy atom. The van der Waals surface area contributed by atoms with E-state index in [4.69, 9.17) is 11.6 Å². The predicted molar refractivity (Wildman–Crippen MR) is 58.2 cm³/mol. The number of benzene rings is 1. The topological polar surface area (TPSA) is 12.4 Å². The van der Waals surface area contributed by atoms with Gasteiger partial charge in [0, 0.05) is 3.57 Å². The smallest absolute Gasteiger partial charge is 0.231 e. The van der Waals surface area contributed by atoms with E-state index in [0.717, 1.165) is 0 Å². The van der Waals surface area contributed by atoms with Gasteiger partial charge >= 0.3 is 6.18 Å². The third kappa shape index (κ3) is 3.13. The molecule has 0 aromatic heterocycles. The number of alkyl halides is 3. The van der Waals surface area contributed by atoms with Gasteiger partial charge in [-0.15, -0.1) is 0 Å². The number of aliphatic imine (C=N–C) groups is 1. The van der Waals surface area contributed by atoms with Crippen LogP contribution in [0.25, 0.3) is 0 Å². The molecule has 0 saturated heterocycles. The maximum atomic E-state index is 12.0. The van der Waals surface area contributed by atoms with E-state index in [9.17, 15) is 13.2 Å². The summed E-state index contributed by atoms with van der Waals surface area (Å²) in [6, 6.07) is 6.43. The summed E-state index contributed by atoms with van der Waals surface area (Å²) in [5.74, 6) is 0. The molecule has 0 radical (unpaired) electrons. The number of para-hydroxylation sites is 1. The molecule has 1 aromatic rings. The fourth-order valence-corrected chi connectivity index (χ4v) is 1.31. The van der Waals surface area contributed by atoms with Crippen LogP contribution < -0.4 is 0 Å². The molecule has 1 aromatic carbocycles. The molecule has 1 rings (SSSR count). The van der Waals surface area contributed by atoms with Crippen LogP contribution in [0.4, 0.5) is 18.9 Å². The zero-order valence-electron chi connectivity index (χ0n) is 6.65. The highest BCUT2D eigenvalue weighted by Crippen LogP contribution is 2.26. The molecule has 6 heteroatoms. The van der Waals surface area contributed by atoms with Crippen LogP contribution >= 0.6 is 34.2 Å². The van der Waals surface area contributed by atoms with Crippen molar-refractivity contribution in [2.75, 3.05) is 0 Å². The van der Waals surface area contributed by atoms with Crippen LogP contribution in [0, 0.1) is 3.57 Å². The quantitative estimate of drug-likeness (QED) is 0.541. The van der Waals surface area contributed by atoms with Crippen LogP contribution in [0.5, 0.6) is 0 Å². The first-order chi connectivity index (χ1) is 6.41. The maximum absolute atomic E-state index is 12.0. The summed E-state index contributed by atoms with van der Waals surface area (Å²) >= 11 is 6.87. The average Bonchev–Trinajstić information content (AvgIpc) is 2.07. The first-order valence-electron chi connectivity index (χ1n) is 3.47. The van der Waals surface area contributed by atoms with Crippen LogP contribution in [-0.4, -0.2) is 11.3 Å². The van der Waals surface area contributed by atoms with Crippen LogP contribution in [-0.2, 0) is 0 Å². The molecule has 0 fully saturated rings. The summed E-state index contributed by atoms with van der Waals surface area (Å²) in [5.41, 5.74) is 0.218. The Hall–Kier alpha value is -0.300. The Labute approximate surface area is 97.1 Å². The molecule has 0 spiro atoms. The van der Waals surface area contributed by atoms with Crippen molar-refractivity contribution in [2.24, 2.45) is 4.99 Å². The van der Waals surface area contributed by atoms with Crippen molar-refractivity contribution < 1.29 is 13.2 Å². The second kappa shape index (κ2) is 4.48. The first kappa shape index (κ1) is 11.8. The number of hydrogen-bond donors (Lipinski definition) is 0. The molecule has 0 unspecified atom stereocenters. The first-order valence-corrected chi connectivity index (χ1v) is 4.93. The van der Waals surface area contributed by atoms with Gasteiger partial charge in [0.05, 0.1) is 5.69 Å². The van der Waals surface area contributed by atoms with Gasteiger partial charge in [0.2, 0.25) is 5.17 Å². The van der Waals surface area contributed by atoms with Gasteiger partial charge in [-0.05, 0) is 34.7 Å². The average molecular weight is 333 g/mol. The lowest BCUT2D eigenvalue weighted by Gasteiger charge is -2.03. The van der Waals surface area contributed by atoms with E-state index in [1.165, 1.54) is 6.07 Å². The Morgan fingerprint density at radius 3 is 2.36 bits per heavy atom. The largest absolute Gasteiger partial charge is 0.444 e. The van der Waals surface area contributed by atoms with Crippen molar-refractivity contribution in [3.8, 4) is 0 Å². The fourth-order valence-electron chi connectivity index (χ4n) is 0.712. The van der Waals surface area contributed by atoms with E-state index in [1.807, 2.05) is 22.6 Å². The molecule has 0 aliphatic heterocycles. The molecule has 0 heterocycles. The minimum Gasteiger partial charge on any atom is -0.231 e. The summed E-state index contributed by atoms with van der Waals surface area (Å²) < 4.78 is 36.6. The van der Waals surface area contributed by atoms with Gasteiger partial charge in [0.15, 0.2) is 0 Å². The Morgan fingerprint density at radius 2 is 1.86 bits per heavy atom. The van der Waals surface area contributed by atoms with Crippen molar-refractivity contribution in [2.45, 2.75) is 6.18 Å². The predicted octanol–water partition coefficient (Wildman–Crippen LogP) is 4.12. The van der Waals surface area contributed by atoms with E-state index in [2.05, 4.69) is 4.99 Å². The molecule has 1 nitrogen and oxygen atoms in total. The molecule has 14 heavy (non-hydrogen) atoms. The molecular weight excluding hydrogens is 329 g/mol. The van der Waals surface area contributed by atoms with Crippen LogP contribution in [0.3, 0.4) is 0 Å². The van der Waals surface area contributed by atoms with Gasteiger partial charge in [-0.3, -0.25) is 0 Å². The molecule has 0 aliphatic carbocycles. The van der Waals surface area contributed by atoms with Crippen molar-refractivity contribution >= 4 is 45.1 Å². The molecule has 76 valence electrons. The lowest BCUT2D eigenvalue weighted by molar-refractivity contribution is -0.0558. The summed E-state index contributed by atoms with van der Waals surface area (Å²) in [6.07, 6.45) is -4.58. The molecular formula is C8H4ClF3IN. The lowest BCUT2D eigenvalue weighted by Crippen LogP contribution is -2.16. The third-order valence-corrected chi connectivity index (χ3v) is 2.52. The zero-order valence-corrected chi connectivity index (χ0v) is 9.56. The van der Waals surface area contributed by atoms with Crippen LogP contribution in [0.15, 0.2) is 29.3 Å². The van der Waals surface area contributed by atoms with E-state index < -0.39 is 11.3 Å². The maximum Gasteiger partial charge on any atom is 0.444 e. The second-order valence-electron chi connectivity index (χ2n) is 2.35. The van der Waals surface area contributed by atoms with E-state index in [-0.39, 0.29) is 5.69 Å². The van der Waals surface area contributed by atoms with Gasteiger partial charge < -0.3 is 0 Å². The Balaban J connectivity index is 3.04. The van der Waals surface area contributed by atoms with Gasteiger partial charge in [0.1, 0.15) is 0 Å². The zero-order chi connectivity index (χ0) is 10.8. The Kier molecular flexibility index (Phi) is 3.77. The molecule has 0 saturated carbocycles. The summed E-state index contributed by atoms with van der Waals surface area (Å²) in [5, 5.41) is -1.36. The van der Waals surface area contributed by atoms with Crippen molar-refractivity contribution in [1.29, 1.82) is 0 Å². The van der Waals surface area contributed by atoms with Gasteiger partial charge in [-0.25, -0.2) is 4.99 Å². The van der Waals surface area contributed by atoms with Gasteiger partial charge in [-0.2, -0.15) is 13.2 Å². The van der Waals surface area contributed by atoms with Crippen molar-refractivity contribution in [3.05, 3.63) is 27.8 Å². The SMILES string of the molecule is FC(F)(F)C(Cl)=Nc1ccccc1I. The highest BCUT2D eigenvalue weighted by molar-refractivity contribution is 14.1. The third-order valence-electron chi connectivity index (χ3n) is 1.30. The van der Waals surface area contributed by atoms with Gasteiger partial charge in [0.25, 0.3) is 0 Å². The van der Waals surface area contributed by atoms with Crippen molar-refractivity contribution in [1.82, 2.24) is 0 Å².